The Kier molecular flexibility index (Phi) is 3.77. The molecule has 0 fully saturated rings. The number of nitrogens with one attached hydrogen (secondary N) is 1. The maximum atomic E-state index is 11.3. The van der Waals surface area contributed by atoms with Crippen LogP contribution >= 0.6 is 22.6 Å². The van der Waals surface area contributed by atoms with Crippen LogP contribution in [-0.2, 0) is 10.0 Å². The Balaban J connectivity index is 2.94. The second-order valence-corrected chi connectivity index (χ2v) is 6.14. The Morgan fingerprint density at radius 2 is 2.07 bits per heavy atom. The highest BCUT2D eigenvalue weighted by atomic mass is 127. The first-order chi connectivity index (χ1) is 6.44. The average Bonchev–Trinajstić information content (AvgIpc) is 2.11. The van der Waals surface area contributed by atoms with Crippen molar-refractivity contribution >= 4 is 38.3 Å². The zero-order chi connectivity index (χ0) is 10.8. The van der Waals surface area contributed by atoms with Gasteiger partial charge in [0.2, 0.25) is 10.0 Å². The van der Waals surface area contributed by atoms with Crippen LogP contribution in [0.2, 0.25) is 0 Å². The standard InChI is InChI=1S/C9H12INO2S/c1-3-14(12,13)11-8-4-5-9(10)7(2)6-8/h4-6,11H,3H2,1-2H3. The van der Waals surface area contributed by atoms with Gasteiger partial charge in [-0.3, -0.25) is 4.72 Å². The summed E-state index contributed by atoms with van der Waals surface area (Å²) >= 11 is 2.21. The minimum atomic E-state index is -3.15. The minimum absolute atomic E-state index is 0.0953. The lowest BCUT2D eigenvalue weighted by Gasteiger charge is -2.07. The quantitative estimate of drug-likeness (QED) is 0.867. The highest BCUT2D eigenvalue weighted by molar-refractivity contribution is 14.1. The van der Waals surface area contributed by atoms with Gasteiger partial charge in [-0.05, 0) is 60.2 Å². The lowest BCUT2D eigenvalue weighted by molar-refractivity contribution is 0.602. The zero-order valence-electron chi connectivity index (χ0n) is 8.04. The molecule has 0 radical (unpaired) electrons. The van der Waals surface area contributed by atoms with Crippen molar-refractivity contribution in [2.45, 2.75) is 13.8 Å². The van der Waals surface area contributed by atoms with E-state index in [0.29, 0.717) is 5.69 Å². The molecule has 0 amide bonds. The Morgan fingerprint density at radius 3 is 2.57 bits per heavy atom. The average molecular weight is 325 g/mol. The van der Waals surface area contributed by atoms with Gasteiger partial charge in [0.25, 0.3) is 0 Å². The number of hydrogen-bond acceptors (Lipinski definition) is 2. The summed E-state index contributed by atoms with van der Waals surface area (Å²) in [6, 6.07) is 5.49. The van der Waals surface area contributed by atoms with E-state index in [1.807, 2.05) is 19.1 Å². The Bertz CT molecular complexity index is 428. The molecule has 1 aromatic rings. The molecule has 1 rings (SSSR count). The van der Waals surface area contributed by atoms with Gasteiger partial charge in [-0.1, -0.05) is 0 Å². The van der Waals surface area contributed by atoms with Gasteiger partial charge in [-0.2, -0.15) is 0 Å². The molecule has 0 aliphatic heterocycles. The van der Waals surface area contributed by atoms with E-state index in [1.165, 1.54) is 0 Å². The van der Waals surface area contributed by atoms with E-state index in [2.05, 4.69) is 27.3 Å². The first kappa shape index (κ1) is 11.8. The summed E-state index contributed by atoms with van der Waals surface area (Å²) in [4.78, 5) is 0. The van der Waals surface area contributed by atoms with E-state index in [4.69, 9.17) is 0 Å². The number of sulfonamides is 1. The predicted octanol–water partition coefficient (Wildman–Crippen LogP) is 2.36. The third-order valence-corrected chi connectivity index (χ3v) is 4.33. The molecule has 1 N–H and O–H groups in total. The highest BCUT2D eigenvalue weighted by Gasteiger charge is 2.06. The van der Waals surface area contributed by atoms with Gasteiger partial charge >= 0.3 is 0 Å². The monoisotopic (exact) mass is 325 g/mol. The van der Waals surface area contributed by atoms with E-state index in [9.17, 15) is 8.42 Å². The van der Waals surface area contributed by atoms with Crippen molar-refractivity contribution in [3.8, 4) is 0 Å². The van der Waals surface area contributed by atoms with Gasteiger partial charge in [0, 0.05) is 9.26 Å². The summed E-state index contributed by atoms with van der Waals surface area (Å²) in [5, 5.41) is 0. The van der Waals surface area contributed by atoms with Crippen molar-refractivity contribution in [1.29, 1.82) is 0 Å². The highest BCUT2D eigenvalue weighted by Crippen LogP contribution is 2.17. The number of hydrogen-bond donors (Lipinski definition) is 1. The summed E-state index contributed by atoms with van der Waals surface area (Å²) < 4.78 is 26.1. The number of rotatable bonds is 3. The summed E-state index contributed by atoms with van der Waals surface area (Å²) in [6.07, 6.45) is 0. The van der Waals surface area contributed by atoms with E-state index in [0.717, 1.165) is 9.13 Å². The van der Waals surface area contributed by atoms with E-state index >= 15 is 0 Å². The van der Waals surface area contributed by atoms with Crippen LogP contribution in [0.25, 0.3) is 0 Å². The molecule has 0 bridgehead atoms. The second-order valence-electron chi connectivity index (χ2n) is 2.97. The lowest BCUT2D eigenvalue weighted by Crippen LogP contribution is -2.14. The molecule has 78 valence electrons. The smallest absolute Gasteiger partial charge is 0.232 e. The van der Waals surface area contributed by atoms with Gasteiger partial charge < -0.3 is 0 Å². The maximum Gasteiger partial charge on any atom is 0.232 e. The van der Waals surface area contributed by atoms with Crippen LogP contribution in [0.4, 0.5) is 5.69 Å². The molecule has 0 saturated heterocycles. The van der Waals surface area contributed by atoms with Crippen LogP contribution in [-0.4, -0.2) is 14.2 Å². The van der Waals surface area contributed by atoms with Gasteiger partial charge in [0.15, 0.2) is 0 Å². The normalized spacial score (nSPS) is 11.4. The van der Waals surface area contributed by atoms with Crippen molar-refractivity contribution in [1.82, 2.24) is 0 Å². The molecule has 0 aliphatic rings. The van der Waals surface area contributed by atoms with Crippen molar-refractivity contribution < 1.29 is 8.42 Å². The topological polar surface area (TPSA) is 46.2 Å². The van der Waals surface area contributed by atoms with Crippen molar-refractivity contribution in [2.75, 3.05) is 10.5 Å². The minimum Gasteiger partial charge on any atom is -0.284 e. The van der Waals surface area contributed by atoms with Gasteiger partial charge in [0.1, 0.15) is 0 Å². The third-order valence-electron chi connectivity index (χ3n) is 1.81. The molecule has 0 saturated carbocycles. The molecule has 3 nitrogen and oxygen atoms in total. The number of halogens is 1. The van der Waals surface area contributed by atoms with Crippen LogP contribution in [0, 0.1) is 10.5 Å². The second kappa shape index (κ2) is 4.48. The maximum absolute atomic E-state index is 11.3. The summed E-state index contributed by atoms with van der Waals surface area (Å²) in [6.45, 7) is 3.56. The fourth-order valence-corrected chi connectivity index (χ4v) is 1.93. The number of benzene rings is 1. The first-order valence-electron chi connectivity index (χ1n) is 4.21. The fourth-order valence-electron chi connectivity index (χ4n) is 0.960. The molecule has 0 heterocycles. The molecular formula is C9H12INO2S. The summed E-state index contributed by atoms with van der Waals surface area (Å²) in [5.74, 6) is 0.0953. The molecule has 1 aromatic carbocycles. The predicted molar refractivity (Wildman–Crippen MR) is 67.0 cm³/mol. The van der Waals surface area contributed by atoms with Crippen molar-refractivity contribution in [3.05, 3.63) is 27.3 Å². The molecule has 0 atom stereocenters. The van der Waals surface area contributed by atoms with Gasteiger partial charge in [-0.25, -0.2) is 8.42 Å². The van der Waals surface area contributed by atoms with Gasteiger partial charge in [0.05, 0.1) is 5.75 Å². The molecule has 0 unspecified atom stereocenters. The zero-order valence-corrected chi connectivity index (χ0v) is 11.0. The van der Waals surface area contributed by atoms with Crippen LogP contribution in [0.15, 0.2) is 18.2 Å². The van der Waals surface area contributed by atoms with Crippen LogP contribution in [0.1, 0.15) is 12.5 Å². The van der Waals surface area contributed by atoms with E-state index < -0.39 is 10.0 Å². The first-order valence-corrected chi connectivity index (χ1v) is 6.94. The molecular weight excluding hydrogens is 313 g/mol. The van der Waals surface area contributed by atoms with Gasteiger partial charge in [-0.15, -0.1) is 0 Å². The fraction of sp³-hybridized carbons (Fsp3) is 0.333. The third kappa shape index (κ3) is 3.13. The largest absolute Gasteiger partial charge is 0.284 e. The SMILES string of the molecule is CCS(=O)(=O)Nc1ccc(I)c(C)c1. The molecule has 14 heavy (non-hydrogen) atoms. The Morgan fingerprint density at radius 1 is 1.43 bits per heavy atom. The number of anilines is 1. The molecule has 5 heteroatoms. The van der Waals surface area contributed by atoms with Crippen LogP contribution in [0.5, 0.6) is 0 Å². The Hall–Kier alpha value is -0.300. The van der Waals surface area contributed by atoms with Crippen molar-refractivity contribution in [2.24, 2.45) is 0 Å². The molecule has 0 aromatic heterocycles. The van der Waals surface area contributed by atoms with E-state index in [-0.39, 0.29) is 5.75 Å². The summed E-state index contributed by atoms with van der Waals surface area (Å²) in [5.41, 5.74) is 1.70. The van der Waals surface area contributed by atoms with Crippen LogP contribution < -0.4 is 4.72 Å². The van der Waals surface area contributed by atoms with Crippen molar-refractivity contribution in [3.63, 3.8) is 0 Å². The molecule has 0 aliphatic carbocycles. The van der Waals surface area contributed by atoms with E-state index in [1.54, 1.807) is 13.0 Å². The molecule has 0 spiro atoms. The summed E-state index contributed by atoms with van der Waals surface area (Å²) in [7, 11) is -3.15. The number of aryl methyl sites for hydroxylation is 1. The lowest BCUT2D eigenvalue weighted by atomic mass is 10.2. The Labute approximate surface area is 98.1 Å². The van der Waals surface area contributed by atoms with Crippen LogP contribution in [0.3, 0.4) is 0 Å².